The van der Waals surface area contributed by atoms with E-state index < -0.39 is 8.07 Å². The number of hydrogen-bond acceptors (Lipinski definition) is 0. The van der Waals surface area contributed by atoms with Crippen molar-refractivity contribution in [1.29, 1.82) is 0 Å². The van der Waals surface area contributed by atoms with Crippen LogP contribution in [0.5, 0.6) is 0 Å². The minimum atomic E-state index is -1.54. The molecule has 0 saturated heterocycles. The van der Waals surface area contributed by atoms with Crippen LogP contribution in [0.4, 0.5) is 0 Å². The van der Waals surface area contributed by atoms with Crippen LogP contribution in [0, 0.1) is 6.42 Å². The lowest BCUT2D eigenvalue weighted by molar-refractivity contribution is 0.729. The smallest absolute Gasteiger partial charge is 0.0650 e. The van der Waals surface area contributed by atoms with E-state index in [9.17, 15) is 0 Å². The van der Waals surface area contributed by atoms with E-state index in [1.54, 1.807) is 5.19 Å². The van der Waals surface area contributed by atoms with Crippen LogP contribution in [0.15, 0.2) is 42.5 Å². The second-order valence-corrected chi connectivity index (χ2v) is 12.6. The molecule has 0 aliphatic heterocycles. The summed E-state index contributed by atoms with van der Waals surface area (Å²) in [7, 11) is -1.54. The van der Waals surface area contributed by atoms with Gasteiger partial charge in [0.15, 0.2) is 0 Å². The van der Waals surface area contributed by atoms with E-state index in [-0.39, 0.29) is 0 Å². The van der Waals surface area contributed by atoms with Gasteiger partial charge in [-0.25, -0.2) is 0 Å². The lowest BCUT2D eigenvalue weighted by Crippen LogP contribution is -2.50. The van der Waals surface area contributed by atoms with Crippen molar-refractivity contribution in [2.24, 2.45) is 0 Å². The minimum absolute atomic E-state index is 0.346. The van der Waals surface area contributed by atoms with Gasteiger partial charge in [-0.1, -0.05) is 81.5 Å². The predicted molar refractivity (Wildman–Crippen MR) is 90.2 cm³/mol. The Kier molecular flexibility index (Phi) is 2.95. The molecule has 1 aliphatic rings. The third kappa shape index (κ3) is 1.88. The molecule has 2 radical (unpaired) electrons. The summed E-state index contributed by atoms with van der Waals surface area (Å²) in [6, 6.07) is 15.4. The van der Waals surface area contributed by atoms with Crippen molar-refractivity contribution < 1.29 is 0 Å². The quantitative estimate of drug-likeness (QED) is 0.558. The summed E-state index contributed by atoms with van der Waals surface area (Å²) in [5.41, 5.74) is 5.29. The summed E-state index contributed by atoms with van der Waals surface area (Å²) in [4.78, 5) is 0. The van der Waals surface area contributed by atoms with Gasteiger partial charge in [-0.15, -0.1) is 0 Å². The van der Waals surface area contributed by atoms with Gasteiger partial charge >= 0.3 is 0 Å². The molecule has 0 N–H and O–H groups in total. The van der Waals surface area contributed by atoms with Crippen LogP contribution in [-0.4, -0.2) is 8.07 Å². The van der Waals surface area contributed by atoms with Crippen LogP contribution in [0.2, 0.25) is 18.1 Å². The van der Waals surface area contributed by atoms with Gasteiger partial charge in [-0.3, -0.25) is 0 Å². The zero-order chi connectivity index (χ0) is 14.5. The van der Waals surface area contributed by atoms with Gasteiger partial charge < -0.3 is 0 Å². The molecule has 0 unspecified atom stereocenters. The summed E-state index contributed by atoms with van der Waals surface area (Å²) >= 11 is 0. The number of benzene rings is 2. The first-order valence-corrected chi connectivity index (χ1v) is 10.3. The zero-order valence-electron chi connectivity index (χ0n) is 13.0. The van der Waals surface area contributed by atoms with Crippen LogP contribution in [0.1, 0.15) is 31.9 Å². The van der Waals surface area contributed by atoms with Gasteiger partial charge in [0, 0.05) is 0 Å². The Labute approximate surface area is 123 Å². The Morgan fingerprint density at radius 3 is 2.20 bits per heavy atom. The number of fused-ring (bicyclic) bond motifs is 3. The van der Waals surface area contributed by atoms with Gasteiger partial charge in [0.1, 0.15) is 0 Å². The molecule has 0 heterocycles. The molecule has 0 fully saturated rings. The van der Waals surface area contributed by atoms with E-state index in [4.69, 9.17) is 0 Å². The molecule has 0 spiro atoms. The fourth-order valence-electron chi connectivity index (χ4n) is 2.80. The van der Waals surface area contributed by atoms with E-state index >= 15 is 0 Å². The Hall–Kier alpha value is -1.34. The summed E-state index contributed by atoms with van der Waals surface area (Å²) in [5, 5.41) is 1.89. The molecule has 0 bridgehead atoms. The van der Waals surface area contributed by atoms with Crippen molar-refractivity contribution >= 4 is 13.3 Å². The first-order chi connectivity index (χ1) is 9.32. The average Bonchev–Trinajstić information content (AvgIpc) is 2.75. The molecular weight excluding hydrogens is 256 g/mol. The highest BCUT2D eigenvalue weighted by atomic mass is 28.3. The molecule has 1 aliphatic carbocycles. The van der Waals surface area contributed by atoms with Crippen LogP contribution in [0.25, 0.3) is 11.1 Å². The van der Waals surface area contributed by atoms with Crippen molar-refractivity contribution in [2.75, 3.05) is 0 Å². The van der Waals surface area contributed by atoms with E-state index in [1.807, 2.05) is 0 Å². The second kappa shape index (κ2) is 4.32. The molecule has 2 aromatic carbocycles. The van der Waals surface area contributed by atoms with Crippen molar-refractivity contribution in [3.05, 3.63) is 60.0 Å². The summed E-state index contributed by atoms with van der Waals surface area (Å²) in [5.74, 6) is 0. The maximum absolute atomic E-state index is 3.66. The topological polar surface area (TPSA) is 0 Å². The van der Waals surface area contributed by atoms with Gasteiger partial charge in [0.2, 0.25) is 0 Å². The van der Waals surface area contributed by atoms with Crippen molar-refractivity contribution in [3.63, 3.8) is 0 Å². The van der Waals surface area contributed by atoms with Crippen LogP contribution in [0.3, 0.4) is 0 Å². The Bertz CT molecular complexity index is 660. The highest BCUT2D eigenvalue weighted by molar-refractivity contribution is 6.92. The predicted octanol–water partition coefficient (Wildman–Crippen LogP) is 4.86. The molecule has 0 amide bonds. The SMILES string of the molecule is CC(C)(C)[Si](C)(C)c1cccc2c1[C]c1ccccc1-2. The van der Waals surface area contributed by atoms with Gasteiger partial charge in [-0.2, -0.15) is 0 Å². The van der Waals surface area contributed by atoms with Crippen molar-refractivity contribution in [1.82, 2.24) is 0 Å². The maximum Gasteiger partial charge on any atom is 0.0863 e. The lowest BCUT2D eigenvalue weighted by Gasteiger charge is -2.38. The maximum atomic E-state index is 3.66. The molecule has 102 valence electrons. The molecule has 0 nitrogen and oxygen atoms in total. The Morgan fingerprint density at radius 2 is 1.50 bits per heavy atom. The molecule has 20 heavy (non-hydrogen) atoms. The van der Waals surface area contributed by atoms with Gasteiger partial charge in [-0.05, 0) is 27.3 Å². The third-order valence-corrected chi connectivity index (χ3v) is 10.6. The summed E-state index contributed by atoms with van der Waals surface area (Å²) < 4.78 is 0. The minimum Gasteiger partial charge on any atom is -0.0650 e. The van der Waals surface area contributed by atoms with E-state index in [0.717, 1.165) is 0 Å². The fourth-order valence-corrected chi connectivity index (χ4v) is 4.94. The molecular formula is C19H22Si. The molecule has 0 atom stereocenters. The monoisotopic (exact) mass is 278 g/mol. The standard InChI is InChI=1S/C19H22Si/c1-19(2,3)20(4,5)18-12-8-11-16-15-10-7-6-9-14(15)13-17(16)18/h6-12H,1-5H3. The second-order valence-electron chi connectivity index (χ2n) is 7.27. The Balaban J connectivity index is 2.20. The lowest BCUT2D eigenvalue weighted by atomic mass is 10.1. The molecule has 1 heteroatoms. The summed E-state index contributed by atoms with van der Waals surface area (Å²) in [6.45, 7) is 12.1. The normalized spacial score (nSPS) is 14.1. The van der Waals surface area contributed by atoms with Crippen LogP contribution < -0.4 is 5.19 Å². The zero-order valence-corrected chi connectivity index (χ0v) is 14.0. The number of hydrogen-bond donors (Lipinski definition) is 0. The average molecular weight is 278 g/mol. The molecule has 3 rings (SSSR count). The van der Waals surface area contributed by atoms with E-state index in [1.165, 1.54) is 22.3 Å². The third-order valence-electron chi connectivity index (χ3n) is 5.09. The Morgan fingerprint density at radius 1 is 0.850 bits per heavy atom. The highest BCUT2D eigenvalue weighted by Gasteiger charge is 2.39. The van der Waals surface area contributed by atoms with Gasteiger partial charge in [0.05, 0.1) is 14.5 Å². The van der Waals surface area contributed by atoms with E-state index in [2.05, 4.69) is 82.8 Å². The summed E-state index contributed by atoms with van der Waals surface area (Å²) in [6.07, 6.45) is 3.66. The number of rotatable bonds is 1. The van der Waals surface area contributed by atoms with Gasteiger partial charge in [0.25, 0.3) is 0 Å². The van der Waals surface area contributed by atoms with Crippen molar-refractivity contribution in [3.8, 4) is 11.1 Å². The first kappa shape index (κ1) is 13.6. The van der Waals surface area contributed by atoms with Crippen molar-refractivity contribution in [2.45, 2.75) is 38.9 Å². The van der Waals surface area contributed by atoms with Crippen LogP contribution >= 0.6 is 0 Å². The fraction of sp³-hybridized carbons (Fsp3) is 0.316. The first-order valence-electron chi connectivity index (χ1n) is 7.32. The molecule has 2 aromatic rings. The largest absolute Gasteiger partial charge is 0.0863 e. The molecule has 0 saturated carbocycles. The highest BCUT2D eigenvalue weighted by Crippen LogP contribution is 2.41. The van der Waals surface area contributed by atoms with E-state index in [0.29, 0.717) is 5.04 Å². The molecule has 0 aromatic heterocycles. The van der Waals surface area contributed by atoms with Crippen LogP contribution in [-0.2, 0) is 0 Å².